The van der Waals surface area contributed by atoms with E-state index in [-0.39, 0.29) is 23.5 Å². The van der Waals surface area contributed by atoms with Gasteiger partial charge in [-0.1, -0.05) is 29.4 Å². The number of halogens is 1. The normalized spacial score (nSPS) is 20.3. The van der Waals surface area contributed by atoms with Gasteiger partial charge in [-0.25, -0.2) is 13.4 Å². The van der Waals surface area contributed by atoms with Crippen LogP contribution in [0.5, 0.6) is 0 Å². The monoisotopic (exact) mass is 399 g/mol. The van der Waals surface area contributed by atoms with E-state index < -0.39 is 15.1 Å². The molecule has 25 heavy (non-hydrogen) atoms. The zero-order chi connectivity index (χ0) is 18.0. The molecule has 1 aliphatic heterocycles. The molecule has 1 amide bonds. The molecule has 1 aliphatic rings. The summed E-state index contributed by atoms with van der Waals surface area (Å²) in [7, 11) is -3.01. The van der Waals surface area contributed by atoms with Crippen LogP contribution in [0, 0.1) is 0 Å². The van der Waals surface area contributed by atoms with Gasteiger partial charge in [-0.15, -0.1) is 0 Å². The van der Waals surface area contributed by atoms with Gasteiger partial charge in [0.2, 0.25) is 5.91 Å². The first-order chi connectivity index (χ1) is 11.8. The maximum absolute atomic E-state index is 12.4. The first kappa shape index (κ1) is 18.3. The molecule has 2 atom stereocenters. The van der Waals surface area contributed by atoms with Crippen molar-refractivity contribution in [3.8, 4) is 5.69 Å². The molecule has 1 fully saturated rings. The molecule has 1 aromatic carbocycles. The molecule has 1 aromatic heterocycles. The van der Waals surface area contributed by atoms with Gasteiger partial charge >= 0.3 is 0 Å². The van der Waals surface area contributed by atoms with Crippen molar-refractivity contribution in [3.63, 3.8) is 0 Å². The van der Waals surface area contributed by atoms with Crippen LogP contribution in [0.15, 0.2) is 41.8 Å². The molecule has 0 saturated carbocycles. The lowest BCUT2D eigenvalue weighted by atomic mass is 10.2. The third-order valence-corrected chi connectivity index (χ3v) is 7.01. The molecule has 134 valence electrons. The van der Waals surface area contributed by atoms with E-state index in [0.29, 0.717) is 16.6 Å². The van der Waals surface area contributed by atoms with Gasteiger partial charge in [-0.3, -0.25) is 9.36 Å². The Hall–Kier alpha value is -1.51. The van der Waals surface area contributed by atoms with E-state index in [2.05, 4.69) is 10.3 Å². The number of nitrogens with zero attached hydrogens (tertiary/aromatic N) is 2. The Balaban J connectivity index is 1.66. The summed E-state index contributed by atoms with van der Waals surface area (Å²) < 4.78 is 24.9. The van der Waals surface area contributed by atoms with Gasteiger partial charge in [-0.2, -0.15) is 0 Å². The second-order valence-corrected chi connectivity index (χ2v) is 9.90. The topological polar surface area (TPSA) is 81.1 Å². The maximum Gasteiger partial charge on any atom is 0.233 e. The largest absolute Gasteiger partial charge is 0.351 e. The minimum Gasteiger partial charge on any atom is -0.351 e. The van der Waals surface area contributed by atoms with E-state index in [1.807, 2.05) is 29.0 Å². The lowest BCUT2D eigenvalue weighted by molar-refractivity contribution is -0.120. The molecule has 9 heteroatoms. The third-order valence-electron chi connectivity index (χ3n) is 3.92. The van der Waals surface area contributed by atoms with E-state index >= 15 is 0 Å². The van der Waals surface area contributed by atoms with Gasteiger partial charge in [0.15, 0.2) is 15.0 Å². The van der Waals surface area contributed by atoms with Crippen LogP contribution in [-0.4, -0.2) is 46.7 Å². The highest BCUT2D eigenvalue weighted by molar-refractivity contribution is 8.00. The Morgan fingerprint density at radius 2 is 2.28 bits per heavy atom. The molecule has 2 heterocycles. The Labute approximate surface area is 155 Å². The van der Waals surface area contributed by atoms with E-state index in [4.69, 9.17) is 11.6 Å². The van der Waals surface area contributed by atoms with Gasteiger partial charge in [-0.05, 0) is 31.5 Å². The van der Waals surface area contributed by atoms with Crippen LogP contribution in [0.2, 0.25) is 5.02 Å². The Morgan fingerprint density at radius 1 is 1.48 bits per heavy atom. The highest BCUT2D eigenvalue weighted by atomic mass is 35.5. The summed E-state index contributed by atoms with van der Waals surface area (Å²) in [4.78, 5) is 16.7. The molecule has 0 spiro atoms. The fourth-order valence-electron chi connectivity index (χ4n) is 2.64. The number of benzene rings is 1. The fraction of sp³-hybridized carbons (Fsp3) is 0.375. The van der Waals surface area contributed by atoms with Crippen molar-refractivity contribution in [2.45, 2.75) is 29.8 Å². The maximum atomic E-state index is 12.4. The number of imidazole rings is 1. The van der Waals surface area contributed by atoms with Crippen molar-refractivity contribution >= 4 is 39.1 Å². The minimum absolute atomic E-state index is 0.0211. The quantitative estimate of drug-likeness (QED) is 0.780. The summed E-state index contributed by atoms with van der Waals surface area (Å²) >= 11 is 7.35. The fourth-order valence-corrected chi connectivity index (χ4v) is 5.39. The van der Waals surface area contributed by atoms with Crippen LogP contribution < -0.4 is 5.32 Å². The van der Waals surface area contributed by atoms with Crippen molar-refractivity contribution < 1.29 is 13.2 Å². The van der Waals surface area contributed by atoms with Crippen molar-refractivity contribution in [3.05, 3.63) is 41.7 Å². The van der Waals surface area contributed by atoms with Crippen molar-refractivity contribution in [1.82, 2.24) is 14.9 Å². The molecular weight excluding hydrogens is 382 g/mol. The summed E-state index contributed by atoms with van der Waals surface area (Å²) in [6.07, 6.45) is 3.95. The second kappa shape index (κ2) is 7.39. The Morgan fingerprint density at radius 3 is 2.96 bits per heavy atom. The predicted octanol–water partition coefficient (Wildman–Crippen LogP) is 2.31. The zero-order valence-electron chi connectivity index (χ0n) is 13.6. The van der Waals surface area contributed by atoms with Crippen molar-refractivity contribution in [2.24, 2.45) is 0 Å². The summed E-state index contributed by atoms with van der Waals surface area (Å²) in [5.41, 5.74) is 0.863. The van der Waals surface area contributed by atoms with Gasteiger partial charge in [0.25, 0.3) is 0 Å². The van der Waals surface area contributed by atoms with Crippen molar-refractivity contribution in [2.75, 3.05) is 11.5 Å². The number of sulfone groups is 1. The average molecular weight is 400 g/mol. The van der Waals surface area contributed by atoms with Crippen LogP contribution in [-0.2, 0) is 14.6 Å². The Kier molecular flexibility index (Phi) is 5.41. The first-order valence-electron chi connectivity index (χ1n) is 7.81. The molecule has 0 radical (unpaired) electrons. The van der Waals surface area contributed by atoms with Gasteiger partial charge in [0.1, 0.15) is 0 Å². The lowest BCUT2D eigenvalue weighted by Crippen LogP contribution is -2.40. The van der Waals surface area contributed by atoms with Gasteiger partial charge < -0.3 is 5.32 Å². The number of carbonyl (C=O) groups excluding carboxylic acids is 1. The van der Waals surface area contributed by atoms with Crippen LogP contribution in [0.25, 0.3) is 5.69 Å². The highest BCUT2D eigenvalue weighted by Crippen LogP contribution is 2.26. The van der Waals surface area contributed by atoms with Crippen molar-refractivity contribution in [1.29, 1.82) is 0 Å². The molecule has 2 aromatic rings. The van der Waals surface area contributed by atoms with Crippen LogP contribution in [0.3, 0.4) is 0 Å². The van der Waals surface area contributed by atoms with Crippen LogP contribution in [0.4, 0.5) is 0 Å². The standard InChI is InChI=1S/C16H18ClN3O3S2/c1-11(15(21)19-13-5-8-25(22,23)10-13)24-16-18-6-7-20(16)14-4-2-3-12(17)9-14/h2-4,6-7,9,11,13H,5,8,10H2,1H3,(H,19,21). The van der Waals surface area contributed by atoms with Crippen LogP contribution in [0.1, 0.15) is 13.3 Å². The minimum atomic E-state index is -3.01. The first-order valence-corrected chi connectivity index (χ1v) is 10.9. The molecule has 3 rings (SSSR count). The van der Waals surface area contributed by atoms with E-state index in [1.165, 1.54) is 11.8 Å². The lowest BCUT2D eigenvalue weighted by Gasteiger charge is -2.16. The van der Waals surface area contributed by atoms with E-state index in [9.17, 15) is 13.2 Å². The predicted molar refractivity (Wildman–Crippen MR) is 99.1 cm³/mol. The number of carbonyl (C=O) groups is 1. The number of amides is 1. The summed E-state index contributed by atoms with van der Waals surface area (Å²) in [6, 6.07) is 7.07. The zero-order valence-corrected chi connectivity index (χ0v) is 15.9. The second-order valence-electron chi connectivity index (χ2n) is 5.93. The third kappa shape index (κ3) is 4.56. The molecule has 6 nitrogen and oxygen atoms in total. The molecule has 2 unspecified atom stereocenters. The number of hydrogen-bond acceptors (Lipinski definition) is 5. The number of thioether (sulfide) groups is 1. The summed E-state index contributed by atoms with van der Waals surface area (Å²) in [5, 5.41) is 3.71. The number of rotatable bonds is 5. The van der Waals surface area contributed by atoms with Gasteiger partial charge in [0.05, 0.1) is 16.8 Å². The van der Waals surface area contributed by atoms with Crippen LogP contribution >= 0.6 is 23.4 Å². The van der Waals surface area contributed by atoms with E-state index in [0.717, 1.165) is 5.69 Å². The highest BCUT2D eigenvalue weighted by Gasteiger charge is 2.30. The van der Waals surface area contributed by atoms with Gasteiger partial charge in [0, 0.05) is 29.1 Å². The molecule has 0 bridgehead atoms. The summed E-state index contributed by atoms with van der Waals surface area (Å²) in [6.45, 7) is 1.78. The SMILES string of the molecule is CC(Sc1nccn1-c1cccc(Cl)c1)C(=O)NC1CCS(=O)(=O)C1. The number of aromatic nitrogens is 2. The summed E-state index contributed by atoms with van der Waals surface area (Å²) in [5.74, 6) is -0.0286. The molecular formula is C16H18ClN3O3S2. The molecule has 0 aliphatic carbocycles. The number of nitrogens with one attached hydrogen (secondary N) is 1. The smallest absolute Gasteiger partial charge is 0.233 e. The Bertz CT molecular complexity index is 882. The average Bonchev–Trinajstić information content (AvgIpc) is 3.13. The number of hydrogen-bond donors (Lipinski definition) is 1. The molecule has 1 saturated heterocycles. The van der Waals surface area contributed by atoms with E-state index in [1.54, 1.807) is 19.2 Å². The molecule has 1 N–H and O–H groups in total.